The molecule has 24 heavy (non-hydrogen) atoms. The summed E-state index contributed by atoms with van der Waals surface area (Å²) in [5.41, 5.74) is 2.94. The Hall–Kier alpha value is -1.79. The number of benzene rings is 2. The van der Waals surface area contributed by atoms with E-state index in [1.807, 2.05) is 32.0 Å². The number of amides is 1. The fourth-order valence-electron chi connectivity index (χ4n) is 2.50. The summed E-state index contributed by atoms with van der Waals surface area (Å²) in [5, 5.41) is 12.7. The highest BCUT2D eigenvalue weighted by atomic mass is 79.9. The van der Waals surface area contributed by atoms with Crippen LogP contribution in [0.15, 0.2) is 39.3 Å². The molecule has 0 bridgehead atoms. The van der Waals surface area contributed by atoms with Gasteiger partial charge in [-0.3, -0.25) is 4.79 Å². The number of fused-ring (bicyclic) bond motifs is 1. The Kier molecular flexibility index (Phi) is 4.69. The van der Waals surface area contributed by atoms with Gasteiger partial charge in [-0.05, 0) is 81.6 Å². The molecule has 6 heteroatoms. The number of carbonyl (C=O) groups excluding carboxylic acids is 1. The number of hydrogen-bond donors (Lipinski definition) is 2. The van der Waals surface area contributed by atoms with Crippen molar-refractivity contribution in [3.8, 4) is 11.5 Å². The molecule has 0 aromatic heterocycles. The molecule has 2 aromatic carbocycles. The lowest BCUT2D eigenvalue weighted by atomic mass is 10.0. The van der Waals surface area contributed by atoms with Gasteiger partial charge in [-0.2, -0.15) is 0 Å². The standard InChI is InChI=1S/C18H15Br2NO3/c1-9(2)24-11-3-4-12-13(18(23)21-16(12)8-11)5-10-6-14(19)17(22)15(20)7-10/h3-9,22H,1-2H3,(H,21,23). The number of aromatic hydroxyl groups is 1. The van der Waals surface area contributed by atoms with Crippen molar-refractivity contribution in [2.45, 2.75) is 20.0 Å². The van der Waals surface area contributed by atoms with Crippen LogP contribution in [0.2, 0.25) is 0 Å². The maximum Gasteiger partial charge on any atom is 0.256 e. The highest BCUT2D eigenvalue weighted by Gasteiger charge is 2.24. The first kappa shape index (κ1) is 17.0. The van der Waals surface area contributed by atoms with Gasteiger partial charge in [0.15, 0.2) is 0 Å². The first-order valence-electron chi connectivity index (χ1n) is 7.37. The first-order valence-corrected chi connectivity index (χ1v) is 8.96. The second-order valence-corrected chi connectivity index (χ2v) is 7.43. The highest BCUT2D eigenvalue weighted by Crippen LogP contribution is 2.38. The second kappa shape index (κ2) is 6.61. The number of ether oxygens (including phenoxy) is 1. The van der Waals surface area contributed by atoms with Gasteiger partial charge in [-0.25, -0.2) is 0 Å². The normalized spacial score (nSPS) is 14.9. The fraction of sp³-hybridized carbons (Fsp3) is 0.167. The second-order valence-electron chi connectivity index (χ2n) is 5.72. The van der Waals surface area contributed by atoms with E-state index in [4.69, 9.17) is 4.74 Å². The summed E-state index contributed by atoms with van der Waals surface area (Å²) in [7, 11) is 0. The summed E-state index contributed by atoms with van der Waals surface area (Å²) in [4.78, 5) is 12.3. The molecule has 0 atom stereocenters. The molecule has 2 aromatic rings. The number of nitrogens with one attached hydrogen (secondary N) is 1. The Morgan fingerprint density at radius 2 is 1.83 bits per heavy atom. The van der Waals surface area contributed by atoms with Crippen molar-refractivity contribution >= 4 is 55.1 Å². The third kappa shape index (κ3) is 3.35. The van der Waals surface area contributed by atoms with Gasteiger partial charge < -0.3 is 15.2 Å². The quantitative estimate of drug-likeness (QED) is 0.629. The molecule has 0 spiro atoms. The zero-order valence-electron chi connectivity index (χ0n) is 13.1. The highest BCUT2D eigenvalue weighted by molar-refractivity contribution is 9.11. The molecular formula is C18H15Br2NO3. The van der Waals surface area contributed by atoms with E-state index in [-0.39, 0.29) is 17.8 Å². The molecule has 1 amide bonds. The van der Waals surface area contributed by atoms with Gasteiger partial charge in [0.05, 0.1) is 20.7 Å². The minimum Gasteiger partial charge on any atom is -0.506 e. The number of anilines is 1. The Balaban J connectivity index is 2.01. The number of phenolic OH excluding ortho intramolecular Hbond substituents is 1. The van der Waals surface area contributed by atoms with Crippen LogP contribution < -0.4 is 10.1 Å². The Bertz CT molecular complexity index is 836. The lowest BCUT2D eigenvalue weighted by Crippen LogP contribution is -2.06. The molecule has 0 saturated carbocycles. The summed E-state index contributed by atoms with van der Waals surface area (Å²) in [6.07, 6.45) is 1.86. The van der Waals surface area contributed by atoms with Gasteiger partial charge in [0.2, 0.25) is 0 Å². The maximum atomic E-state index is 12.3. The molecule has 0 radical (unpaired) electrons. The van der Waals surface area contributed by atoms with Crippen LogP contribution in [0.25, 0.3) is 11.6 Å². The van der Waals surface area contributed by atoms with Crippen molar-refractivity contribution in [2.75, 3.05) is 5.32 Å². The van der Waals surface area contributed by atoms with Crippen LogP contribution in [0, 0.1) is 0 Å². The lowest BCUT2D eigenvalue weighted by Gasteiger charge is -2.10. The van der Waals surface area contributed by atoms with E-state index in [0.29, 0.717) is 14.5 Å². The average Bonchev–Trinajstić information content (AvgIpc) is 2.79. The van der Waals surface area contributed by atoms with Crippen molar-refractivity contribution in [1.82, 2.24) is 0 Å². The average molecular weight is 453 g/mol. The minimum atomic E-state index is -0.160. The van der Waals surface area contributed by atoms with Gasteiger partial charge >= 0.3 is 0 Å². The molecule has 0 aliphatic carbocycles. The molecule has 0 fully saturated rings. The molecule has 1 aliphatic heterocycles. The molecule has 4 nitrogen and oxygen atoms in total. The number of halogens is 2. The summed E-state index contributed by atoms with van der Waals surface area (Å²) >= 11 is 6.60. The van der Waals surface area contributed by atoms with Crippen LogP contribution >= 0.6 is 31.9 Å². The van der Waals surface area contributed by atoms with Crippen LogP contribution in [-0.4, -0.2) is 17.1 Å². The van der Waals surface area contributed by atoms with Crippen molar-refractivity contribution < 1.29 is 14.6 Å². The molecular weight excluding hydrogens is 438 g/mol. The molecule has 2 N–H and O–H groups in total. The monoisotopic (exact) mass is 451 g/mol. The summed E-state index contributed by atoms with van der Waals surface area (Å²) in [5.74, 6) is 0.691. The van der Waals surface area contributed by atoms with Crippen LogP contribution in [-0.2, 0) is 4.79 Å². The number of carbonyl (C=O) groups is 1. The van der Waals surface area contributed by atoms with E-state index in [0.717, 1.165) is 22.6 Å². The van der Waals surface area contributed by atoms with Crippen LogP contribution in [0.3, 0.4) is 0 Å². The summed E-state index contributed by atoms with van der Waals surface area (Å²) in [6, 6.07) is 9.08. The Labute approximate surface area is 156 Å². The molecule has 3 rings (SSSR count). The SMILES string of the molecule is CC(C)Oc1ccc2c(c1)NC(=O)C2=Cc1cc(Br)c(O)c(Br)c1. The predicted molar refractivity (Wildman–Crippen MR) is 102 cm³/mol. The van der Waals surface area contributed by atoms with Gasteiger partial charge in [0, 0.05) is 17.2 Å². The largest absolute Gasteiger partial charge is 0.506 e. The van der Waals surface area contributed by atoms with Crippen molar-refractivity contribution in [3.63, 3.8) is 0 Å². The first-order chi connectivity index (χ1) is 11.3. The van der Waals surface area contributed by atoms with Crippen LogP contribution in [0.4, 0.5) is 5.69 Å². The predicted octanol–water partition coefficient (Wildman–Crippen LogP) is 5.20. The van der Waals surface area contributed by atoms with E-state index in [2.05, 4.69) is 37.2 Å². The molecule has 124 valence electrons. The van der Waals surface area contributed by atoms with Crippen LogP contribution in [0.5, 0.6) is 11.5 Å². The lowest BCUT2D eigenvalue weighted by molar-refractivity contribution is -0.110. The van der Waals surface area contributed by atoms with Crippen molar-refractivity contribution in [3.05, 3.63) is 50.4 Å². The van der Waals surface area contributed by atoms with Gasteiger partial charge in [0.1, 0.15) is 11.5 Å². The van der Waals surface area contributed by atoms with Crippen LogP contribution in [0.1, 0.15) is 25.0 Å². The zero-order valence-corrected chi connectivity index (χ0v) is 16.2. The molecule has 1 aliphatic rings. The molecule has 1 heterocycles. The topological polar surface area (TPSA) is 58.6 Å². The number of hydrogen-bond acceptors (Lipinski definition) is 3. The third-order valence-corrected chi connectivity index (χ3v) is 4.71. The van der Waals surface area contributed by atoms with E-state index in [1.165, 1.54) is 0 Å². The summed E-state index contributed by atoms with van der Waals surface area (Å²) < 4.78 is 6.78. The van der Waals surface area contributed by atoms with E-state index in [9.17, 15) is 9.90 Å². The fourth-order valence-corrected chi connectivity index (χ4v) is 3.72. The zero-order chi connectivity index (χ0) is 17.4. The molecule has 0 unspecified atom stereocenters. The Morgan fingerprint density at radius 3 is 2.46 bits per heavy atom. The third-order valence-electron chi connectivity index (χ3n) is 3.50. The smallest absolute Gasteiger partial charge is 0.256 e. The minimum absolute atomic E-state index is 0.0712. The number of phenols is 1. The van der Waals surface area contributed by atoms with Crippen molar-refractivity contribution in [1.29, 1.82) is 0 Å². The van der Waals surface area contributed by atoms with E-state index >= 15 is 0 Å². The summed E-state index contributed by atoms with van der Waals surface area (Å²) in [6.45, 7) is 3.91. The van der Waals surface area contributed by atoms with E-state index < -0.39 is 0 Å². The molecule has 0 saturated heterocycles. The van der Waals surface area contributed by atoms with E-state index in [1.54, 1.807) is 18.2 Å². The maximum absolute atomic E-state index is 12.3. The number of rotatable bonds is 3. The van der Waals surface area contributed by atoms with Gasteiger partial charge in [-0.1, -0.05) is 0 Å². The Morgan fingerprint density at radius 1 is 1.17 bits per heavy atom. The van der Waals surface area contributed by atoms with Gasteiger partial charge in [-0.15, -0.1) is 0 Å². The van der Waals surface area contributed by atoms with Gasteiger partial charge in [0.25, 0.3) is 5.91 Å². The van der Waals surface area contributed by atoms with Crippen molar-refractivity contribution in [2.24, 2.45) is 0 Å².